The molecule has 0 atom stereocenters. The fraction of sp³-hybridized carbons (Fsp3) is 1.00. The van der Waals surface area contributed by atoms with Gasteiger partial charge in [-0.25, -0.2) is 0 Å². The van der Waals surface area contributed by atoms with Gasteiger partial charge in [-0.15, -0.1) is 0 Å². The van der Waals surface area contributed by atoms with Crippen molar-refractivity contribution in [2.45, 2.75) is 32.6 Å². The summed E-state index contributed by atoms with van der Waals surface area (Å²) in [5.41, 5.74) is 0. The molecule has 5 heteroatoms. The average molecular weight is 324 g/mol. The summed E-state index contributed by atoms with van der Waals surface area (Å²) in [6.07, 6.45) is 4.98. The molecule has 0 aromatic heterocycles. The first kappa shape index (κ1) is 20.6. The minimum Gasteiger partial charge on any atom is -0.384 e. The van der Waals surface area contributed by atoms with Crippen LogP contribution in [0.25, 0.3) is 0 Å². The van der Waals surface area contributed by atoms with E-state index in [9.17, 15) is 0 Å². The molecule has 0 aromatic carbocycles. The van der Waals surface area contributed by atoms with Crippen molar-refractivity contribution in [2.24, 2.45) is 5.92 Å². The lowest BCUT2D eigenvalue weighted by atomic mass is 10.1. The lowest BCUT2D eigenvalue weighted by Crippen LogP contribution is -2.23. The van der Waals surface area contributed by atoms with Gasteiger partial charge in [0.05, 0.1) is 13.2 Å². The summed E-state index contributed by atoms with van der Waals surface area (Å²) < 4.78 is 10.5. The predicted molar refractivity (Wildman–Crippen MR) is 93.8 cm³/mol. The maximum Gasteiger partial charge on any atom is 0.0512 e. The van der Waals surface area contributed by atoms with Crippen LogP contribution in [-0.2, 0) is 9.47 Å². The topological polar surface area (TPSA) is 21.7 Å². The smallest absolute Gasteiger partial charge is 0.0512 e. The fourth-order valence-corrected chi connectivity index (χ4v) is 4.25. The molecule has 0 aliphatic carbocycles. The highest BCUT2D eigenvalue weighted by Gasteiger charge is 2.08. The van der Waals surface area contributed by atoms with E-state index in [4.69, 9.17) is 9.47 Å². The third-order valence-corrected chi connectivity index (χ3v) is 5.79. The van der Waals surface area contributed by atoms with E-state index in [1.165, 1.54) is 50.3 Å². The number of ether oxygens (including phenoxy) is 2. The molecular weight excluding hydrogens is 290 g/mol. The number of hydrogen-bond donors (Lipinski definition) is 0. The summed E-state index contributed by atoms with van der Waals surface area (Å²) in [6, 6.07) is 0. The molecular formula is C15H33NO2S2. The van der Waals surface area contributed by atoms with Crippen molar-refractivity contribution in [1.29, 1.82) is 0 Å². The van der Waals surface area contributed by atoms with Crippen molar-refractivity contribution in [3.05, 3.63) is 0 Å². The molecule has 0 amide bonds. The normalized spacial score (nSPS) is 11.7. The Kier molecular flexibility index (Phi) is 16.4. The Labute approximate surface area is 133 Å². The molecule has 0 unspecified atom stereocenters. The second-order valence-electron chi connectivity index (χ2n) is 5.22. The lowest BCUT2D eigenvalue weighted by Gasteiger charge is -2.19. The highest BCUT2D eigenvalue weighted by Crippen LogP contribution is 2.22. The molecule has 0 heterocycles. The summed E-state index contributed by atoms with van der Waals surface area (Å²) in [7, 11) is 9.79. The van der Waals surface area contributed by atoms with Gasteiger partial charge in [-0.1, -0.05) is 28.5 Å². The summed E-state index contributed by atoms with van der Waals surface area (Å²) in [5, 5.41) is 0. The number of nitrogens with zero attached hydrogens (tertiary/aromatic N) is 1. The molecule has 0 bridgehead atoms. The SMILES string of the molecule is CCCSSCCCN(C)CCCC(COC)COC. The number of methoxy groups -OCH3 is 2. The molecule has 0 aromatic rings. The van der Waals surface area contributed by atoms with Crippen molar-refractivity contribution in [1.82, 2.24) is 4.90 Å². The van der Waals surface area contributed by atoms with Crippen LogP contribution < -0.4 is 0 Å². The molecule has 0 aliphatic rings. The minimum absolute atomic E-state index is 0.541. The average Bonchev–Trinajstić information content (AvgIpc) is 2.43. The van der Waals surface area contributed by atoms with E-state index in [-0.39, 0.29) is 0 Å². The Balaban J connectivity index is 3.44. The fourth-order valence-electron chi connectivity index (χ4n) is 2.04. The van der Waals surface area contributed by atoms with Crippen LogP contribution in [0, 0.1) is 5.92 Å². The maximum absolute atomic E-state index is 5.23. The summed E-state index contributed by atoms with van der Waals surface area (Å²) in [4.78, 5) is 2.45. The van der Waals surface area contributed by atoms with Crippen LogP contribution in [0.1, 0.15) is 32.6 Å². The Hall–Kier alpha value is 0.580. The zero-order valence-electron chi connectivity index (χ0n) is 13.7. The van der Waals surface area contributed by atoms with Crippen LogP contribution in [0.3, 0.4) is 0 Å². The van der Waals surface area contributed by atoms with E-state index < -0.39 is 0 Å². The molecule has 0 aliphatic heterocycles. The van der Waals surface area contributed by atoms with Gasteiger partial charge in [-0.05, 0) is 45.8 Å². The van der Waals surface area contributed by atoms with Gasteiger partial charge in [0.25, 0.3) is 0 Å². The predicted octanol–water partition coefficient (Wildman–Crippen LogP) is 3.79. The Morgan fingerprint density at radius 3 is 2.15 bits per heavy atom. The molecule has 0 spiro atoms. The van der Waals surface area contributed by atoms with Crippen molar-refractivity contribution in [2.75, 3.05) is 59.1 Å². The van der Waals surface area contributed by atoms with E-state index in [0.29, 0.717) is 5.92 Å². The lowest BCUT2D eigenvalue weighted by molar-refractivity contribution is 0.0781. The van der Waals surface area contributed by atoms with Crippen molar-refractivity contribution in [3.63, 3.8) is 0 Å². The first-order valence-electron chi connectivity index (χ1n) is 7.65. The molecule has 0 saturated heterocycles. The summed E-state index contributed by atoms with van der Waals surface area (Å²) in [6.45, 7) is 6.24. The first-order chi connectivity index (χ1) is 9.74. The Morgan fingerprint density at radius 2 is 1.55 bits per heavy atom. The van der Waals surface area contributed by atoms with Gasteiger partial charge < -0.3 is 14.4 Å². The van der Waals surface area contributed by atoms with E-state index in [0.717, 1.165) is 13.2 Å². The van der Waals surface area contributed by atoms with Crippen molar-refractivity contribution in [3.8, 4) is 0 Å². The van der Waals surface area contributed by atoms with Crippen LogP contribution in [0.4, 0.5) is 0 Å². The third kappa shape index (κ3) is 13.6. The van der Waals surface area contributed by atoms with Gasteiger partial charge >= 0.3 is 0 Å². The molecule has 0 saturated carbocycles. The zero-order valence-corrected chi connectivity index (χ0v) is 15.4. The van der Waals surface area contributed by atoms with Gasteiger partial charge in [0.1, 0.15) is 0 Å². The Bertz CT molecular complexity index is 191. The molecule has 0 fully saturated rings. The monoisotopic (exact) mass is 323 g/mol. The number of hydrogen-bond acceptors (Lipinski definition) is 5. The molecule has 0 N–H and O–H groups in total. The van der Waals surface area contributed by atoms with E-state index >= 15 is 0 Å². The Morgan fingerprint density at radius 1 is 0.950 bits per heavy atom. The molecule has 3 nitrogen and oxygen atoms in total. The van der Waals surface area contributed by atoms with Crippen molar-refractivity contribution < 1.29 is 9.47 Å². The molecule has 20 heavy (non-hydrogen) atoms. The standard InChI is InChI=1S/C15H33NO2S2/c1-5-11-19-20-12-7-10-16(2)9-6-8-15(13-17-3)14-18-4/h15H,5-14H2,1-4H3. The van der Waals surface area contributed by atoms with E-state index in [1.54, 1.807) is 14.2 Å². The van der Waals surface area contributed by atoms with Crippen molar-refractivity contribution >= 4 is 21.6 Å². The highest BCUT2D eigenvalue weighted by molar-refractivity contribution is 8.76. The van der Waals surface area contributed by atoms with E-state index in [2.05, 4.69) is 18.9 Å². The van der Waals surface area contributed by atoms with Gasteiger partial charge in [0.2, 0.25) is 0 Å². The summed E-state index contributed by atoms with van der Waals surface area (Å²) in [5.74, 6) is 3.09. The first-order valence-corrected chi connectivity index (χ1v) is 10.1. The van der Waals surface area contributed by atoms with Gasteiger partial charge in [-0.3, -0.25) is 0 Å². The maximum atomic E-state index is 5.23. The van der Waals surface area contributed by atoms with Crippen LogP contribution in [0.15, 0.2) is 0 Å². The largest absolute Gasteiger partial charge is 0.384 e. The molecule has 0 radical (unpaired) electrons. The van der Waals surface area contributed by atoms with Crippen LogP contribution in [0.2, 0.25) is 0 Å². The van der Waals surface area contributed by atoms with E-state index in [1.807, 2.05) is 21.6 Å². The zero-order chi connectivity index (χ0) is 15.1. The quantitative estimate of drug-likeness (QED) is 0.337. The summed E-state index contributed by atoms with van der Waals surface area (Å²) >= 11 is 0. The van der Waals surface area contributed by atoms with Gasteiger partial charge in [-0.2, -0.15) is 0 Å². The van der Waals surface area contributed by atoms with Crippen LogP contribution in [0.5, 0.6) is 0 Å². The molecule has 0 rings (SSSR count). The molecule has 122 valence electrons. The number of rotatable bonds is 15. The second-order valence-corrected chi connectivity index (χ2v) is 7.92. The van der Waals surface area contributed by atoms with Gasteiger partial charge in [0, 0.05) is 31.6 Å². The van der Waals surface area contributed by atoms with Crippen LogP contribution >= 0.6 is 21.6 Å². The highest BCUT2D eigenvalue weighted by atomic mass is 33.1. The van der Waals surface area contributed by atoms with Gasteiger partial charge in [0.15, 0.2) is 0 Å². The second kappa shape index (κ2) is 16.0. The minimum atomic E-state index is 0.541. The van der Waals surface area contributed by atoms with Crippen LogP contribution in [-0.4, -0.2) is 64.0 Å². The third-order valence-electron chi connectivity index (χ3n) is 3.10.